The maximum absolute atomic E-state index is 12.2. The lowest BCUT2D eigenvalue weighted by molar-refractivity contribution is -0.121. The van der Waals surface area contributed by atoms with E-state index < -0.39 is 0 Å². The molecule has 0 unspecified atom stereocenters. The Balaban J connectivity index is 1.46. The van der Waals surface area contributed by atoms with Crippen molar-refractivity contribution in [3.63, 3.8) is 0 Å². The smallest absolute Gasteiger partial charge is 0.251 e. The fraction of sp³-hybridized carbons (Fsp3) is 0.238. The molecule has 2 aromatic carbocycles. The van der Waals surface area contributed by atoms with Crippen molar-refractivity contribution in [1.82, 2.24) is 25.4 Å². The first-order chi connectivity index (χ1) is 13.5. The van der Waals surface area contributed by atoms with Crippen LogP contribution in [0.3, 0.4) is 0 Å². The fourth-order valence-electron chi connectivity index (χ4n) is 2.87. The maximum Gasteiger partial charge on any atom is 0.251 e. The van der Waals surface area contributed by atoms with Gasteiger partial charge in [-0.1, -0.05) is 30.3 Å². The minimum Gasteiger partial charge on any atom is -0.352 e. The fourth-order valence-corrected chi connectivity index (χ4v) is 2.87. The van der Waals surface area contributed by atoms with Gasteiger partial charge in [-0.2, -0.15) is 5.10 Å². The molecular weight excluding hydrogens is 354 g/mol. The van der Waals surface area contributed by atoms with Crippen LogP contribution in [0, 0.1) is 6.92 Å². The van der Waals surface area contributed by atoms with Gasteiger partial charge in [-0.05, 0) is 43.2 Å². The summed E-state index contributed by atoms with van der Waals surface area (Å²) in [7, 11) is 0. The molecule has 0 aliphatic carbocycles. The lowest BCUT2D eigenvalue weighted by atomic mass is 10.1. The standard InChI is InChI=1S/C21H23N5O2/c1-15-5-3-4-6-19(15)21(28)23-12-11-20(27)25-16(2)17-7-9-18(10-8-17)26-14-22-13-24-26/h3-10,13-14,16H,11-12H2,1-2H3,(H,23,28)(H,25,27)/t16-/m1/s1. The maximum atomic E-state index is 12.2. The van der Waals surface area contributed by atoms with Gasteiger partial charge in [0.2, 0.25) is 5.91 Å². The normalized spacial score (nSPS) is 11.6. The van der Waals surface area contributed by atoms with E-state index in [1.807, 2.05) is 56.3 Å². The lowest BCUT2D eigenvalue weighted by Gasteiger charge is -2.15. The number of benzene rings is 2. The summed E-state index contributed by atoms with van der Waals surface area (Å²) in [5.41, 5.74) is 3.43. The second kappa shape index (κ2) is 8.94. The van der Waals surface area contributed by atoms with Gasteiger partial charge in [0.15, 0.2) is 0 Å². The Bertz CT molecular complexity index is 936. The Kier molecular flexibility index (Phi) is 6.16. The van der Waals surface area contributed by atoms with Crippen molar-refractivity contribution in [2.24, 2.45) is 0 Å². The van der Waals surface area contributed by atoms with E-state index in [0.29, 0.717) is 5.56 Å². The number of aryl methyl sites for hydroxylation is 1. The first kappa shape index (κ1) is 19.3. The molecule has 2 N–H and O–H groups in total. The number of carbonyl (C=O) groups excluding carboxylic acids is 2. The lowest BCUT2D eigenvalue weighted by Crippen LogP contribution is -2.32. The van der Waals surface area contributed by atoms with Crippen molar-refractivity contribution in [2.45, 2.75) is 26.3 Å². The molecule has 1 heterocycles. The molecule has 2 amide bonds. The highest BCUT2D eigenvalue weighted by Gasteiger charge is 2.12. The number of nitrogens with one attached hydrogen (secondary N) is 2. The number of hydrogen-bond donors (Lipinski definition) is 2. The molecule has 7 heteroatoms. The Morgan fingerprint density at radius 1 is 1.11 bits per heavy atom. The molecule has 1 aromatic heterocycles. The Labute approximate surface area is 163 Å². The summed E-state index contributed by atoms with van der Waals surface area (Å²) >= 11 is 0. The van der Waals surface area contributed by atoms with E-state index >= 15 is 0 Å². The molecule has 0 aliphatic heterocycles. The highest BCUT2D eigenvalue weighted by Crippen LogP contribution is 2.15. The van der Waals surface area contributed by atoms with Crippen LogP contribution in [0.4, 0.5) is 0 Å². The minimum absolute atomic E-state index is 0.113. The second-order valence-electron chi connectivity index (χ2n) is 6.54. The zero-order chi connectivity index (χ0) is 19.9. The first-order valence-corrected chi connectivity index (χ1v) is 9.13. The summed E-state index contributed by atoms with van der Waals surface area (Å²) in [6.07, 6.45) is 3.33. The van der Waals surface area contributed by atoms with Gasteiger partial charge < -0.3 is 10.6 Å². The number of nitrogens with zero attached hydrogens (tertiary/aromatic N) is 3. The van der Waals surface area contributed by atoms with E-state index in [1.165, 1.54) is 6.33 Å². The molecule has 0 saturated carbocycles. The highest BCUT2D eigenvalue weighted by atomic mass is 16.2. The van der Waals surface area contributed by atoms with Gasteiger partial charge in [0.1, 0.15) is 12.7 Å². The summed E-state index contributed by atoms with van der Waals surface area (Å²) in [4.78, 5) is 28.3. The van der Waals surface area contributed by atoms with Crippen molar-refractivity contribution >= 4 is 11.8 Å². The van der Waals surface area contributed by atoms with Gasteiger partial charge in [-0.3, -0.25) is 9.59 Å². The van der Waals surface area contributed by atoms with Crippen LogP contribution in [0.1, 0.15) is 40.9 Å². The van der Waals surface area contributed by atoms with Crippen LogP contribution in [0.2, 0.25) is 0 Å². The molecule has 3 rings (SSSR count). The third-order valence-electron chi connectivity index (χ3n) is 4.48. The molecule has 7 nitrogen and oxygen atoms in total. The van der Waals surface area contributed by atoms with E-state index in [4.69, 9.17) is 0 Å². The van der Waals surface area contributed by atoms with Crippen LogP contribution >= 0.6 is 0 Å². The van der Waals surface area contributed by atoms with Crippen molar-refractivity contribution in [1.29, 1.82) is 0 Å². The van der Waals surface area contributed by atoms with E-state index in [1.54, 1.807) is 17.1 Å². The van der Waals surface area contributed by atoms with Gasteiger partial charge in [0, 0.05) is 18.5 Å². The van der Waals surface area contributed by atoms with E-state index in [2.05, 4.69) is 20.7 Å². The van der Waals surface area contributed by atoms with Gasteiger partial charge in [0.05, 0.1) is 11.7 Å². The molecule has 0 spiro atoms. The third-order valence-corrected chi connectivity index (χ3v) is 4.48. The molecule has 1 atom stereocenters. The molecule has 28 heavy (non-hydrogen) atoms. The SMILES string of the molecule is Cc1ccccc1C(=O)NCCC(=O)N[C@H](C)c1ccc(-n2cncn2)cc1. The van der Waals surface area contributed by atoms with Gasteiger partial charge in [-0.25, -0.2) is 9.67 Å². The van der Waals surface area contributed by atoms with Crippen molar-refractivity contribution in [2.75, 3.05) is 6.54 Å². The van der Waals surface area contributed by atoms with Crippen LogP contribution in [0.5, 0.6) is 0 Å². The van der Waals surface area contributed by atoms with Gasteiger partial charge in [0.25, 0.3) is 5.91 Å². The van der Waals surface area contributed by atoms with Gasteiger partial charge >= 0.3 is 0 Å². The highest BCUT2D eigenvalue weighted by molar-refractivity contribution is 5.95. The van der Waals surface area contributed by atoms with Crippen molar-refractivity contribution in [3.8, 4) is 5.69 Å². The average Bonchev–Trinajstić information content (AvgIpc) is 3.23. The second-order valence-corrected chi connectivity index (χ2v) is 6.54. The Morgan fingerprint density at radius 2 is 1.86 bits per heavy atom. The minimum atomic E-state index is -0.164. The van der Waals surface area contributed by atoms with Crippen LogP contribution in [0.25, 0.3) is 5.69 Å². The first-order valence-electron chi connectivity index (χ1n) is 9.13. The average molecular weight is 377 g/mol. The summed E-state index contributed by atoms with van der Waals surface area (Å²) < 4.78 is 1.67. The van der Waals surface area contributed by atoms with Crippen molar-refractivity contribution < 1.29 is 9.59 Å². The number of amides is 2. The molecular formula is C21H23N5O2. The monoisotopic (exact) mass is 377 g/mol. The summed E-state index contributed by atoms with van der Waals surface area (Å²) in [5.74, 6) is -0.277. The largest absolute Gasteiger partial charge is 0.352 e. The van der Waals surface area contributed by atoms with Crippen LogP contribution < -0.4 is 10.6 Å². The van der Waals surface area contributed by atoms with E-state index in [9.17, 15) is 9.59 Å². The third kappa shape index (κ3) is 4.82. The number of hydrogen-bond acceptors (Lipinski definition) is 4. The number of carbonyl (C=O) groups is 2. The van der Waals surface area contributed by atoms with Crippen LogP contribution in [-0.4, -0.2) is 33.1 Å². The molecule has 3 aromatic rings. The topological polar surface area (TPSA) is 88.9 Å². The molecule has 0 fully saturated rings. The summed E-state index contributed by atoms with van der Waals surface area (Å²) in [6, 6.07) is 15.0. The van der Waals surface area contributed by atoms with Crippen LogP contribution in [-0.2, 0) is 4.79 Å². The summed E-state index contributed by atoms with van der Waals surface area (Å²) in [5, 5.41) is 9.83. The predicted molar refractivity (Wildman–Crippen MR) is 106 cm³/mol. The number of rotatable bonds is 7. The van der Waals surface area contributed by atoms with Crippen LogP contribution in [0.15, 0.2) is 61.2 Å². The zero-order valence-electron chi connectivity index (χ0n) is 15.9. The molecule has 0 aliphatic rings. The van der Waals surface area contributed by atoms with Crippen molar-refractivity contribution in [3.05, 3.63) is 77.9 Å². The van der Waals surface area contributed by atoms with E-state index in [-0.39, 0.29) is 30.8 Å². The predicted octanol–water partition coefficient (Wildman–Crippen LogP) is 2.57. The summed E-state index contributed by atoms with van der Waals surface area (Å²) in [6.45, 7) is 4.10. The molecule has 0 bridgehead atoms. The zero-order valence-corrected chi connectivity index (χ0v) is 15.9. The molecule has 0 saturated heterocycles. The van der Waals surface area contributed by atoms with E-state index in [0.717, 1.165) is 16.8 Å². The van der Waals surface area contributed by atoms with Gasteiger partial charge in [-0.15, -0.1) is 0 Å². The quantitative estimate of drug-likeness (QED) is 0.662. The Morgan fingerprint density at radius 3 is 2.54 bits per heavy atom. The number of aromatic nitrogens is 3. The molecule has 0 radical (unpaired) electrons. The molecule has 144 valence electrons. The Hall–Kier alpha value is -3.48.